The van der Waals surface area contributed by atoms with E-state index in [0.717, 1.165) is 32.6 Å². The summed E-state index contributed by atoms with van der Waals surface area (Å²) in [4.78, 5) is 21.0. The summed E-state index contributed by atoms with van der Waals surface area (Å²) >= 11 is 0. The van der Waals surface area contributed by atoms with Crippen LogP contribution in [0.1, 0.15) is 18.9 Å². The van der Waals surface area contributed by atoms with Crippen LogP contribution in [0.15, 0.2) is 24.5 Å². The van der Waals surface area contributed by atoms with Crippen molar-refractivity contribution in [2.75, 3.05) is 40.0 Å². The lowest BCUT2D eigenvalue weighted by Gasteiger charge is -2.41. The van der Waals surface area contributed by atoms with Gasteiger partial charge in [0.25, 0.3) is 0 Å². The third kappa shape index (κ3) is 3.77. The first-order chi connectivity index (χ1) is 11.7. The largest absolute Gasteiger partial charge is 0.381 e. The molecule has 0 aromatic carbocycles. The van der Waals surface area contributed by atoms with Crippen LogP contribution in [0.5, 0.6) is 0 Å². The molecule has 24 heavy (non-hydrogen) atoms. The summed E-state index contributed by atoms with van der Waals surface area (Å²) in [5.74, 6) is 0.475. The predicted molar refractivity (Wildman–Crippen MR) is 90.4 cm³/mol. The third-order valence-corrected chi connectivity index (χ3v) is 5.15. The monoisotopic (exact) mass is 333 g/mol. The number of hydrogen-bond acceptors (Lipinski definition) is 5. The van der Waals surface area contributed by atoms with Crippen LogP contribution in [0.3, 0.4) is 0 Å². The summed E-state index contributed by atoms with van der Waals surface area (Å²) in [5.41, 5.74) is 1.25. The summed E-state index contributed by atoms with van der Waals surface area (Å²) in [7, 11) is 1.78. The number of rotatable bonds is 6. The standard InChI is InChI=1S/C18H27N3O3/c1-3-24-13-18(22)21-9-6-17(23-2)15-11-20(12-16(15)21)10-14-4-7-19-8-5-14/h4-5,7-8,15-17H,3,6,9-13H2,1-2H3/t15-,16+,17-/m1/s1. The molecular weight excluding hydrogens is 306 g/mol. The highest BCUT2D eigenvalue weighted by Crippen LogP contribution is 2.33. The highest BCUT2D eigenvalue weighted by molar-refractivity contribution is 5.78. The summed E-state index contributed by atoms with van der Waals surface area (Å²) in [6.45, 7) is 6.17. The molecular formula is C18H27N3O3. The quantitative estimate of drug-likeness (QED) is 0.782. The van der Waals surface area contributed by atoms with Crippen molar-refractivity contribution < 1.29 is 14.3 Å². The van der Waals surface area contributed by atoms with Gasteiger partial charge in [0.05, 0.1) is 12.1 Å². The lowest BCUT2D eigenvalue weighted by molar-refractivity contribution is -0.143. The Kier molecular flexibility index (Phi) is 5.81. The van der Waals surface area contributed by atoms with Crippen molar-refractivity contribution in [3.05, 3.63) is 30.1 Å². The minimum atomic E-state index is 0.104. The van der Waals surface area contributed by atoms with Gasteiger partial charge >= 0.3 is 0 Å². The summed E-state index contributed by atoms with van der Waals surface area (Å²) in [6, 6.07) is 4.32. The lowest BCUT2D eigenvalue weighted by atomic mass is 9.89. The molecule has 2 aliphatic heterocycles. The first-order valence-corrected chi connectivity index (χ1v) is 8.74. The average Bonchev–Trinajstić information content (AvgIpc) is 3.03. The number of nitrogens with zero attached hydrogens (tertiary/aromatic N) is 3. The van der Waals surface area contributed by atoms with Crippen LogP contribution < -0.4 is 0 Å². The second-order valence-electron chi connectivity index (χ2n) is 6.57. The van der Waals surface area contributed by atoms with E-state index < -0.39 is 0 Å². The van der Waals surface area contributed by atoms with E-state index in [-0.39, 0.29) is 24.7 Å². The predicted octanol–water partition coefficient (Wildman–Crippen LogP) is 1.17. The molecule has 2 saturated heterocycles. The number of pyridine rings is 1. The maximum absolute atomic E-state index is 12.5. The van der Waals surface area contributed by atoms with Crippen molar-refractivity contribution in [3.63, 3.8) is 0 Å². The van der Waals surface area contributed by atoms with E-state index in [1.165, 1.54) is 5.56 Å². The third-order valence-electron chi connectivity index (χ3n) is 5.15. The Labute approximate surface area is 143 Å². The number of hydrogen-bond donors (Lipinski definition) is 0. The Morgan fingerprint density at radius 3 is 2.83 bits per heavy atom. The first-order valence-electron chi connectivity index (χ1n) is 8.74. The van der Waals surface area contributed by atoms with E-state index in [2.05, 4.69) is 9.88 Å². The van der Waals surface area contributed by atoms with Crippen molar-refractivity contribution >= 4 is 5.91 Å². The highest BCUT2D eigenvalue weighted by atomic mass is 16.5. The van der Waals surface area contributed by atoms with Gasteiger partial charge in [-0.25, -0.2) is 0 Å². The highest BCUT2D eigenvalue weighted by Gasteiger charge is 2.45. The molecule has 0 aliphatic carbocycles. The van der Waals surface area contributed by atoms with Gasteiger partial charge in [0, 0.05) is 58.2 Å². The lowest BCUT2D eigenvalue weighted by Crippen LogP contribution is -2.54. The molecule has 1 aromatic rings. The minimum absolute atomic E-state index is 0.104. The van der Waals surface area contributed by atoms with Crippen LogP contribution in [-0.2, 0) is 20.8 Å². The normalized spacial score (nSPS) is 27.2. The van der Waals surface area contributed by atoms with Crippen molar-refractivity contribution in [1.29, 1.82) is 0 Å². The van der Waals surface area contributed by atoms with Crippen LogP contribution in [0, 0.1) is 5.92 Å². The topological polar surface area (TPSA) is 54.9 Å². The van der Waals surface area contributed by atoms with Crippen LogP contribution >= 0.6 is 0 Å². The fourth-order valence-corrected chi connectivity index (χ4v) is 3.99. The number of methoxy groups -OCH3 is 1. The number of fused-ring (bicyclic) bond motifs is 1. The van der Waals surface area contributed by atoms with Gasteiger partial charge < -0.3 is 14.4 Å². The molecule has 6 heteroatoms. The number of likely N-dealkylation sites (tertiary alicyclic amines) is 2. The zero-order chi connectivity index (χ0) is 16.9. The molecule has 1 amide bonds. The molecule has 2 aliphatic rings. The SMILES string of the molecule is CCOCC(=O)N1CC[C@@H](OC)[C@@H]2CN(Cc3ccncc3)C[C@@H]21. The fourth-order valence-electron chi connectivity index (χ4n) is 3.99. The van der Waals surface area contributed by atoms with E-state index in [0.29, 0.717) is 12.5 Å². The molecule has 0 unspecified atom stereocenters. The summed E-state index contributed by atoms with van der Waals surface area (Å²) in [5, 5.41) is 0. The fraction of sp³-hybridized carbons (Fsp3) is 0.667. The maximum Gasteiger partial charge on any atom is 0.248 e. The number of ether oxygens (including phenoxy) is 2. The zero-order valence-electron chi connectivity index (χ0n) is 14.6. The van der Waals surface area contributed by atoms with E-state index >= 15 is 0 Å². The summed E-state index contributed by atoms with van der Waals surface area (Å²) < 4.78 is 11.0. The van der Waals surface area contributed by atoms with E-state index in [1.54, 1.807) is 7.11 Å². The number of carbonyl (C=O) groups is 1. The smallest absolute Gasteiger partial charge is 0.248 e. The Balaban J connectivity index is 1.68. The number of carbonyl (C=O) groups excluding carboxylic acids is 1. The van der Waals surface area contributed by atoms with Gasteiger partial charge in [-0.3, -0.25) is 14.7 Å². The van der Waals surface area contributed by atoms with Gasteiger partial charge in [-0.15, -0.1) is 0 Å². The van der Waals surface area contributed by atoms with Gasteiger partial charge in [0.1, 0.15) is 6.61 Å². The second-order valence-corrected chi connectivity index (χ2v) is 6.57. The molecule has 0 saturated carbocycles. The Morgan fingerprint density at radius 1 is 1.33 bits per heavy atom. The Bertz CT molecular complexity index is 540. The average molecular weight is 333 g/mol. The van der Waals surface area contributed by atoms with Crippen molar-refractivity contribution in [1.82, 2.24) is 14.8 Å². The van der Waals surface area contributed by atoms with Crippen LogP contribution in [0.2, 0.25) is 0 Å². The minimum Gasteiger partial charge on any atom is -0.381 e. The molecule has 6 nitrogen and oxygen atoms in total. The maximum atomic E-state index is 12.5. The number of aromatic nitrogens is 1. The molecule has 3 rings (SSSR count). The Morgan fingerprint density at radius 2 is 2.12 bits per heavy atom. The molecule has 0 radical (unpaired) electrons. The second kappa shape index (κ2) is 8.05. The molecule has 1 aromatic heterocycles. The number of amides is 1. The van der Waals surface area contributed by atoms with Crippen LogP contribution in [0.25, 0.3) is 0 Å². The molecule has 0 bridgehead atoms. The Hall–Kier alpha value is -1.50. The van der Waals surface area contributed by atoms with Crippen LogP contribution in [-0.4, -0.2) is 72.8 Å². The van der Waals surface area contributed by atoms with Crippen LogP contribution in [0.4, 0.5) is 0 Å². The number of piperidine rings is 1. The molecule has 132 valence electrons. The van der Waals surface area contributed by atoms with Crippen molar-refractivity contribution in [2.45, 2.75) is 32.0 Å². The van der Waals surface area contributed by atoms with Crippen molar-refractivity contribution in [2.24, 2.45) is 5.92 Å². The van der Waals surface area contributed by atoms with Gasteiger partial charge in [-0.05, 0) is 31.0 Å². The van der Waals surface area contributed by atoms with E-state index in [1.807, 2.05) is 36.4 Å². The molecule has 0 spiro atoms. The molecule has 0 N–H and O–H groups in total. The van der Waals surface area contributed by atoms with Gasteiger partial charge in [0.2, 0.25) is 5.91 Å². The molecule has 3 atom stereocenters. The molecule has 2 fully saturated rings. The van der Waals surface area contributed by atoms with E-state index in [4.69, 9.17) is 9.47 Å². The van der Waals surface area contributed by atoms with Crippen molar-refractivity contribution in [3.8, 4) is 0 Å². The zero-order valence-corrected chi connectivity index (χ0v) is 14.6. The van der Waals surface area contributed by atoms with Gasteiger partial charge in [0.15, 0.2) is 0 Å². The van der Waals surface area contributed by atoms with E-state index in [9.17, 15) is 4.79 Å². The summed E-state index contributed by atoms with van der Waals surface area (Å²) in [6.07, 6.45) is 4.79. The molecule has 3 heterocycles. The first kappa shape index (κ1) is 17.3. The van der Waals surface area contributed by atoms with Gasteiger partial charge in [-0.2, -0.15) is 0 Å². The van der Waals surface area contributed by atoms with Gasteiger partial charge in [-0.1, -0.05) is 0 Å².